The van der Waals surface area contributed by atoms with Gasteiger partial charge >= 0.3 is 12.1 Å². The summed E-state index contributed by atoms with van der Waals surface area (Å²) in [4.78, 5) is 20.7. The monoisotopic (exact) mass is 337 g/mol. The largest absolute Gasteiger partial charge is 0.476 e. The Morgan fingerprint density at radius 2 is 1.83 bits per heavy atom. The van der Waals surface area contributed by atoms with Crippen molar-refractivity contribution in [1.82, 2.24) is 9.97 Å². The molecule has 0 aliphatic heterocycles. The average Bonchev–Trinajstić information content (AvgIpc) is 3.37. The van der Waals surface area contributed by atoms with E-state index in [0.717, 1.165) is 30.5 Å². The molecule has 0 spiro atoms. The van der Waals surface area contributed by atoms with Gasteiger partial charge in [-0.2, -0.15) is 13.2 Å². The molecule has 1 aromatic heterocycles. The first kappa shape index (κ1) is 16.2. The Balaban J connectivity index is 1.78. The molecule has 0 bridgehead atoms. The third-order valence-corrected chi connectivity index (χ3v) is 3.77. The Bertz CT molecular complexity index is 726. The summed E-state index contributed by atoms with van der Waals surface area (Å²) in [5.74, 6) is -0.642. The highest BCUT2D eigenvalue weighted by Gasteiger charge is 2.32. The third-order valence-electron chi connectivity index (χ3n) is 3.77. The van der Waals surface area contributed by atoms with Gasteiger partial charge in [0.05, 0.1) is 18.0 Å². The zero-order valence-electron chi connectivity index (χ0n) is 12.5. The first-order valence-electron chi connectivity index (χ1n) is 7.33. The van der Waals surface area contributed by atoms with Gasteiger partial charge in [0, 0.05) is 12.6 Å². The van der Waals surface area contributed by atoms with Crippen molar-refractivity contribution in [3.63, 3.8) is 0 Å². The highest BCUT2D eigenvalue weighted by atomic mass is 19.4. The molecule has 0 unspecified atom stereocenters. The zero-order valence-corrected chi connectivity index (χ0v) is 12.5. The Kier molecular flexibility index (Phi) is 4.13. The number of alkyl halides is 3. The predicted octanol–water partition coefficient (Wildman–Crippen LogP) is 3.36. The summed E-state index contributed by atoms with van der Waals surface area (Å²) < 4.78 is 37.8. The van der Waals surface area contributed by atoms with Crippen LogP contribution in [0.3, 0.4) is 0 Å². The van der Waals surface area contributed by atoms with Gasteiger partial charge in [0.15, 0.2) is 5.69 Å². The number of carboxylic acid groups (broad SMARTS) is 1. The van der Waals surface area contributed by atoms with Crippen LogP contribution in [0.1, 0.15) is 34.5 Å². The van der Waals surface area contributed by atoms with E-state index in [2.05, 4.69) is 9.97 Å². The van der Waals surface area contributed by atoms with E-state index in [1.54, 1.807) is 0 Å². The Morgan fingerprint density at radius 1 is 1.17 bits per heavy atom. The van der Waals surface area contributed by atoms with Crippen LogP contribution in [0.15, 0.2) is 36.7 Å². The number of benzene rings is 1. The number of hydrogen-bond donors (Lipinski definition) is 1. The maximum atomic E-state index is 12.6. The molecule has 0 saturated heterocycles. The van der Waals surface area contributed by atoms with E-state index < -0.39 is 17.7 Å². The lowest BCUT2D eigenvalue weighted by Crippen LogP contribution is -2.26. The average molecular weight is 337 g/mol. The van der Waals surface area contributed by atoms with Gasteiger partial charge < -0.3 is 10.0 Å². The second-order valence-corrected chi connectivity index (χ2v) is 5.62. The van der Waals surface area contributed by atoms with Gasteiger partial charge in [-0.05, 0) is 30.5 Å². The van der Waals surface area contributed by atoms with Gasteiger partial charge in [-0.25, -0.2) is 14.8 Å². The molecule has 1 heterocycles. The van der Waals surface area contributed by atoms with Crippen molar-refractivity contribution in [2.75, 3.05) is 4.90 Å². The lowest BCUT2D eigenvalue weighted by molar-refractivity contribution is -0.137. The predicted molar refractivity (Wildman–Crippen MR) is 79.6 cm³/mol. The summed E-state index contributed by atoms with van der Waals surface area (Å²) in [5, 5.41) is 8.85. The van der Waals surface area contributed by atoms with Crippen LogP contribution >= 0.6 is 0 Å². The summed E-state index contributed by atoms with van der Waals surface area (Å²) >= 11 is 0. The fourth-order valence-electron chi connectivity index (χ4n) is 2.36. The van der Waals surface area contributed by atoms with Gasteiger partial charge in [-0.15, -0.1) is 0 Å². The van der Waals surface area contributed by atoms with Gasteiger partial charge in [0.1, 0.15) is 5.82 Å². The minimum absolute atomic E-state index is 0.149. The van der Waals surface area contributed by atoms with E-state index in [1.165, 1.54) is 24.5 Å². The molecule has 1 fully saturated rings. The number of carboxylic acids is 1. The normalized spacial score (nSPS) is 14.5. The van der Waals surface area contributed by atoms with Crippen molar-refractivity contribution in [3.05, 3.63) is 53.5 Å². The Morgan fingerprint density at radius 3 is 2.29 bits per heavy atom. The van der Waals surface area contributed by atoms with Crippen LogP contribution in [-0.2, 0) is 12.7 Å². The molecule has 3 rings (SSSR count). The number of aromatic nitrogens is 2. The molecule has 0 amide bonds. The minimum atomic E-state index is -4.35. The van der Waals surface area contributed by atoms with Crippen molar-refractivity contribution < 1.29 is 23.1 Å². The SMILES string of the molecule is O=C(O)c1cnc(N(Cc2ccc(C(F)(F)F)cc2)C2CC2)cn1. The number of anilines is 1. The van der Waals surface area contributed by atoms with E-state index in [1.807, 2.05) is 4.90 Å². The third kappa shape index (κ3) is 3.64. The van der Waals surface area contributed by atoms with Gasteiger partial charge in [0.2, 0.25) is 0 Å². The van der Waals surface area contributed by atoms with Crippen LogP contribution in [-0.4, -0.2) is 27.1 Å². The molecule has 1 saturated carbocycles. The second-order valence-electron chi connectivity index (χ2n) is 5.62. The highest BCUT2D eigenvalue weighted by Crippen LogP contribution is 2.33. The first-order chi connectivity index (χ1) is 11.3. The van der Waals surface area contributed by atoms with Crippen LogP contribution in [0.4, 0.5) is 19.0 Å². The summed E-state index contributed by atoms with van der Waals surface area (Å²) in [5.41, 5.74) is -0.113. The summed E-state index contributed by atoms with van der Waals surface area (Å²) in [7, 11) is 0. The van der Waals surface area contributed by atoms with Gasteiger partial charge in [-0.1, -0.05) is 12.1 Å². The lowest BCUT2D eigenvalue weighted by atomic mass is 10.1. The molecule has 126 valence electrons. The standard InChI is InChI=1S/C16H14F3N3O2/c17-16(18,19)11-3-1-10(2-4-11)9-22(12-5-6-12)14-8-20-13(7-21-14)15(23)24/h1-4,7-8,12H,5-6,9H2,(H,23,24). The number of rotatable bonds is 5. The van der Waals surface area contributed by atoms with Crippen molar-refractivity contribution in [1.29, 1.82) is 0 Å². The quantitative estimate of drug-likeness (QED) is 0.906. The Labute approximate surface area is 135 Å². The number of nitrogens with zero attached hydrogens (tertiary/aromatic N) is 3. The second kappa shape index (κ2) is 6.10. The topological polar surface area (TPSA) is 66.3 Å². The number of hydrogen-bond acceptors (Lipinski definition) is 4. The van der Waals surface area contributed by atoms with Crippen LogP contribution in [0.5, 0.6) is 0 Å². The molecular weight excluding hydrogens is 323 g/mol. The van der Waals surface area contributed by atoms with Crippen LogP contribution in [0, 0.1) is 0 Å². The molecule has 1 aliphatic carbocycles. The lowest BCUT2D eigenvalue weighted by Gasteiger charge is -2.23. The van der Waals surface area contributed by atoms with E-state index in [-0.39, 0.29) is 11.7 Å². The Hall–Kier alpha value is -2.64. The molecule has 0 atom stereocenters. The molecule has 1 aromatic carbocycles. The number of halogens is 3. The molecule has 1 aliphatic rings. The molecule has 24 heavy (non-hydrogen) atoms. The number of aromatic carboxylic acids is 1. The van der Waals surface area contributed by atoms with E-state index in [0.29, 0.717) is 12.4 Å². The zero-order chi connectivity index (χ0) is 17.3. The fourth-order valence-corrected chi connectivity index (χ4v) is 2.36. The van der Waals surface area contributed by atoms with Crippen molar-refractivity contribution in [3.8, 4) is 0 Å². The minimum Gasteiger partial charge on any atom is -0.476 e. The maximum absolute atomic E-state index is 12.6. The summed E-state index contributed by atoms with van der Waals surface area (Å²) in [6, 6.07) is 5.24. The fraction of sp³-hybridized carbons (Fsp3) is 0.312. The van der Waals surface area contributed by atoms with Crippen LogP contribution < -0.4 is 4.90 Å². The van der Waals surface area contributed by atoms with E-state index in [4.69, 9.17) is 5.11 Å². The smallest absolute Gasteiger partial charge is 0.416 e. The molecule has 2 aromatic rings. The molecule has 1 N–H and O–H groups in total. The highest BCUT2D eigenvalue weighted by molar-refractivity contribution is 5.84. The molecular formula is C16H14F3N3O2. The van der Waals surface area contributed by atoms with Crippen LogP contribution in [0.25, 0.3) is 0 Å². The molecule has 0 radical (unpaired) electrons. The van der Waals surface area contributed by atoms with Crippen LogP contribution in [0.2, 0.25) is 0 Å². The van der Waals surface area contributed by atoms with E-state index in [9.17, 15) is 18.0 Å². The van der Waals surface area contributed by atoms with E-state index >= 15 is 0 Å². The van der Waals surface area contributed by atoms with Crippen molar-refractivity contribution in [2.45, 2.75) is 31.6 Å². The number of carbonyl (C=O) groups is 1. The summed E-state index contributed by atoms with van der Waals surface area (Å²) in [6.07, 6.45) is 0.129. The summed E-state index contributed by atoms with van der Waals surface area (Å²) in [6.45, 7) is 0.393. The molecule has 8 heteroatoms. The first-order valence-corrected chi connectivity index (χ1v) is 7.33. The maximum Gasteiger partial charge on any atom is 0.416 e. The van der Waals surface area contributed by atoms with Crippen molar-refractivity contribution in [2.24, 2.45) is 0 Å². The van der Waals surface area contributed by atoms with Crippen molar-refractivity contribution >= 4 is 11.8 Å². The molecule has 5 nitrogen and oxygen atoms in total. The van der Waals surface area contributed by atoms with Gasteiger partial charge in [-0.3, -0.25) is 0 Å². The van der Waals surface area contributed by atoms with Gasteiger partial charge in [0.25, 0.3) is 0 Å².